The van der Waals surface area contributed by atoms with E-state index in [2.05, 4.69) is 15.3 Å². The lowest BCUT2D eigenvalue weighted by Crippen LogP contribution is -2.05. The zero-order valence-electron chi connectivity index (χ0n) is 10.7. The molecule has 0 radical (unpaired) electrons. The van der Waals surface area contributed by atoms with Crippen LogP contribution in [0.5, 0.6) is 0 Å². The first kappa shape index (κ1) is 13.2. The Morgan fingerprint density at radius 3 is 2.63 bits per heavy atom. The lowest BCUT2D eigenvalue weighted by Gasteiger charge is -2.12. The van der Waals surface area contributed by atoms with E-state index in [-0.39, 0.29) is 11.3 Å². The van der Waals surface area contributed by atoms with Gasteiger partial charge in [0, 0.05) is 11.6 Å². The predicted octanol–water partition coefficient (Wildman–Crippen LogP) is 2.95. The Morgan fingerprint density at radius 2 is 1.95 bits per heavy atom. The van der Waals surface area contributed by atoms with E-state index in [1.807, 2.05) is 6.92 Å². The summed E-state index contributed by atoms with van der Waals surface area (Å²) < 4.78 is 27.2. The fraction of sp³-hybridized carbons (Fsp3) is 0.231. The Labute approximate surface area is 109 Å². The first-order valence-electron chi connectivity index (χ1n) is 5.85. The smallest absolute Gasteiger partial charge is 0.147 e. The van der Waals surface area contributed by atoms with Crippen molar-refractivity contribution in [3.63, 3.8) is 0 Å². The van der Waals surface area contributed by atoms with Crippen LogP contribution in [0.25, 0.3) is 0 Å². The van der Waals surface area contributed by atoms with Crippen molar-refractivity contribution in [2.75, 3.05) is 11.1 Å². The normalized spacial score (nSPS) is 10.5. The summed E-state index contributed by atoms with van der Waals surface area (Å²) >= 11 is 0. The topological polar surface area (TPSA) is 63.8 Å². The number of halogens is 2. The lowest BCUT2D eigenvalue weighted by molar-refractivity contribution is 0.595. The number of aryl methyl sites for hydroxylation is 1. The summed E-state index contributed by atoms with van der Waals surface area (Å²) in [5.74, 6) is -0.313. The van der Waals surface area contributed by atoms with Gasteiger partial charge in [-0.3, -0.25) is 0 Å². The predicted molar refractivity (Wildman–Crippen MR) is 70.2 cm³/mol. The summed E-state index contributed by atoms with van der Waals surface area (Å²) in [5, 5.41) is 2.75. The van der Waals surface area contributed by atoms with Crippen molar-refractivity contribution in [1.82, 2.24) is 9.97 Å². The number of anilines is 3. The molecule has 0 spiro atoms. The monoisotopic (exact) mass is 264 g/mol. The first-order chi connectivity index (χ1) is 9.02. The van der Waals surface area contributed by atoms with Crippen molar-refractivity contribution in [3.8, 4) is 0 Å². The molecule has 4 nitrogen and oxygen atoms in total. The molecule has 0 fully saturated rings. The maximum absolute atomic E-state index is 13.7. The lowest BCUT2D eigenvalue weighted by atomic mass is 10.2. The van der Waals surface area contributed by atoms with Crippen LogP contribution in [-0.2, 0) is 6.42 Å². The molecule has 2 rings (SSSR count). The molecular formula is C13H14F2N4. The van der Waals surface area contributed by atoms with E-state index in [0.717, 1.165) is 12.1 Å². The second-order valence-electron chi connectivity index (χ2n) is 4.15. The van der Waals surface area contributed by atoms with Crippen molar-refractivity contribution >= 4 is 17.3 Å². The second kappa shape index (κ2) is 5.17. The van der Waals surface area contributed by atoms with E-state index in [9.17, 15) is 8.78 Å². The van der Waals surface area contributed by atoms with Gasteiger partial charge in [0.2, 0.25) is 0 Å². The summed E-state index contributed by atoms with van der Waals surface area (Å²) in [7, 11) is 0. The van der Waals surface area contributed by atoms with Crippen LogP contribution in [0.15, 0.2) is 18.5 Å². The third kappa shape index (κ3) is 2.62. The number of nitrogen functional groups attached to an aromatic ring is 1. The molecule has 0 unspecified atom stereocenters. The summed E-state index contributed by atoms with van der Waals surface area (Å²) in [6.07, 6.45) is 1.87. The molecule has 0 amide bonds. The fourth-order valence-electron chi connectivity index (χ4n) is 1.75. The maximum atomic E-state index is 13.7. The van der Waals surface area contributed by atoms with Crippen LogP contribution < -0.4 is 11.1 Å². The zero-order valence-corrected chi connectivity index (χ0v) is 10.7. The summed E-state index contributed by atoms with van der Waals surface area (Å²) in [6, 6.07) is 2.23. The highest BCUT2D eigenvalue weighted by molar-refractivity contribution is 5.64. The molecule has 0 saturated heterocycles. The Bertz CT molecular complexity index is 614. The molecule has 0 aliphatic carbocycles. The maximum Gasteiger partial charge on any atom is 0.147 e. The Kier molecular flexibility index (Phi) is 3.59. The van der Waals surface area contributed by atoms with Crippen LogP contribution in [-0.4, -0.2) is 9.97 Å². The third-order valence-electron chi connectivity index (χ3n) is 2.83. The van der Waals surface area contributed by atoms with Crippen LogP contribution in [0.2, 0.25) is 0 Å². The number of aromatic nitrogens is 2. The van der Waals surface area contributed by atoms with Crippen LogP contribution in [0.3, 0.4) is 0 Å². The molecule has 0 aliphatic heterocycles. The molecule has 6 heteroatoms. The molecule has 3 N–H and O–H groups in total. The summed E-state index contributed by atoms with van der Waals surface area (Å²) in [5.41, 5.74) is 6.66. The number of hydrogen-bond donors (Lipinski definition) is 2. The van der Waals surface area contributed by atoms with Crippen LogP contribution >= 0.6 is 0 Å². The minimum Gasteiger partial charge on any atom is -0.383 e. The molecule has 0 atom stereocenters. The van der Waals surface area contributed by atoms with Gasteiger partial charge in [0.25, 0.3) is 0 Å². The van der Waals surface area contributed by atoms with Crippen molar-refractivity contribution in [1.29, 1.82) is 0 Å². The van der Waals surface area contributed by atoms with Gasteiger partial charge in [-0.2, -0.15) is 0 Å². The number of rotatable bonds is 3. The molecule has 1 heterocycles. The molecular weight excluding hydrogens is 250 g/mol. The minimum absolute atomic E-state index is 0.0240. The van der Waals surface area contributed by atoms with Gasteiger partial charge >= 0.3 is 0 Å². The highest BCUT2D eigenvalue weighted by Gasteiger charge is 2.12. The zero-order chi connectivity index (χ0) is 14.0. The van der Waals surface area contributed by atoms with Gasteiger partial charge in [-0.15, -0.1) is 0 Å². The molecule has 1 aromatic carbocycles. The standard InChI is InChI=1S/C13H14F2N4/c1-3-8-12(16)17-6-18-13(8)19-11-5-9(14)7(2)4-10(11)15/h4-6H,3H2,1-2H3,(H3,16,17,18,19). The number of nitrogens with zero attached hydrogens (tertiary/aromatic N) is 2. The van der Waals surface area contributed by atoms with Gasteiger partial charge in [0.15, 0.2) is 0 Å². The average Bonchev–Trinajstić information content (AvgIpc) is 2.36. The average molecular weight is 264 g/mol. The molecule has 100 valence electrons. The molecule has 1 aromatic heterocycles. The fourth-order valence-corrected chi connectivity index (χ4v) is 1.75. The van der Waals surface area contributed by atoms with Crippen LogP contribution in [0, 0.1) is 18.6 Å². The molecule has 0 bridgehead atoms. The first-order valence-corrected chi connectivity index (χ1v) is 5.85. The third-order valence-corrected chi connectivity index (χ3v) is 2.83. The van der Waals surface area contributed by atoms with Gasteiger partial charge in [0.1, 0.15) is 29.6 Å². The van der Waals surface area contributed by atoms with Crippen molar-refractivity contribution in [3.05, 3.63) is 41.2 Å². The van der Waals surface area contributed by atoms with Gasteiger partial charge in [-0.1, -0.05) is 6.92 Å². The van der Waals surface area contributed by atoms with Crippen LogP contribution in [0.4, 0.5) is 26.1 Å². The number of hydrogen-bond acceptors (Lipinski definition) is 4. The van der Waals surface area contributed by atoms with E-state index >= 15 is 0 Å². The number of nitrogens with one attached hydrogen (secondary N) is 1. The Morgan fingerprint density at radius 1 is 1.21 bits per heavy atom. The van der Waals surface area contributed by atoms with Crippen LogP contribution in [0.1, 0.15) is 18.1 Å². The summed E-state index contributed by atoms with van der Waals surface area (Å²) in [6.45, 7) is 3.38. The summed E-state index contributed by atoms with van der Waals surface area (Å²) in [4.78, 5) is 7.87. The molecule has 0 aliphatic rings. The molecule has 0 saturated carbocycles. The minimum atomic E-state index is -0.543. The van der Waals surface area contributed by atoms with Crippen molar-refractivity contribution in [2.24, 2.45) is 0 Å². The van der Waals surface area contributed by atoms with Gasteiger partial charge in [-0.25, -0.2) is 18.7 Å². The van der Waals surface area contributed by atoms with E-state index in [0.29, 0.717) is 23.6 Å². The number of nitrogens with two attached hydrogens (primary N) is 1. The SMILES string of the molecule is CCc1c(N)ncnc1Nc1cc(F)c(C)cc1F. The Hall–Kier alpha value is -2.24. The van der Waals surface area contributed by atoms with Crippen molar-refractivity contribution in [2.45, 2.75) is 20.3 Å². The van der Waals surface area contributed by atoms with E-state index in [1.165, 1.54) is 13.3 Å². The largest absolute Gasteiger partial charge is 0.383 e. The van der Waals surface area contributed by atoms with Gasteiger partial charge < -0.3 is 11.1 Å². The van der Waals surface area contributed by atoms with E-state index in [4.69, 9.17) is 5.73 Å². The molecule has 2 aromatic rings. The second-order valence-corrected chi connectivity index (χ2v) is 4.15. The number of benzene rings is 1. The quantitative estimate of drug-likeness (QED) is 0.894. The van der Waals surface area contributed by atoms with E-state index < -0.39 is 11.6 Å². The highest BCUT2D eigenvalue weighted by atomic mass is 19.1. The Balaban J connectivity index is 2.42. The molecule has 19 heavy (non-hydrogen) atoms. The van der Waals surface area contributed by atoms with Gasteiger partial charge in [0.05, 0.1) is 5.69 Å². The highest BCUT2D eigenvalue weighted by Crippen LogP contribution is 2.25. The van der Waals surface area contributed by atoms with Gasteiger partial charge in [-0.05, 0) is 25.0 Å². The van der Waals surface area contributed by atoms with E-state index in [1.54, 1.807) is 0 Å². The van der Waals surface area contributed by atoms with Crippen molar-refractivity contribution < 1.29 is 8.78 Å².